The molecule has 8 nitrogen and oxygen atoms in total. The first-order chi connectivity index (χ1) is 15.6. The molecule has 1 aliphatic heterocycles. The number of carbonyl (C=O) groups excluding carboxylic acids is 1. The standard InChI is InChI=1S/C24H28N2O6.ClH/c1-2-31-24-11-7-21(26(28)29)18-20(24)6-10-23(27)19-4-8-22(9-5-19)32-15-3-12-25-13-16-30-17-14-25;/h4-11,18H,2-3,12-17H2,1H3;1H/b10-6+;. The van der Waals surface area contributed by atoms with Gasteiger partial charge in [0.15, 0.2) is 5.78 Å². The maximum absolute atomic E-state index is 12.5. The van der Waals surface area contributed by atoms with Gasteiger partial charge in [0.1, 0.15) is 11.5 Å². The Morgan fingerprint density at radius 2 is 1.88 bits per heavy atom. The van der Waals surface area contributed by atoms with E-state index in [1.54, 1.807) is 24.3 Å². The zero-order chi connectivity index (χ0) is 22.8. The first-order valence-electron chi connectivity index (χ1n) is 10.7. The summed E-state index contributed by atoms with van der Waals surface area (Å²) >= 11 is 0. The number of nitrogens with zero attached hydrogens (tertiary/aromatic N) is 2. The van der Waals surface area contributed by atoms with Gasteiger partial charge in [-0.3, -0.25) is 19.8 Å². The number of nitro benzene ring substituents is 1. The molecular formula is C24H29ClN2O6. The van der Waals surface area contributed by atoms with Crippen LogP contribution in [0.25, 0.3) is 6.08 Å². The van der Waals surface area contributed by atoms with E-state index in [4.69, 9.17) is 14.2 Å². The van der Waals surface area contributed by atoms with Crippen molar-refractivity contribution in [1.82, 2.24) is 4.90 Å². The predicted molar refractivity (Wildman–Crippen MR) is 129 cm³/mol. The zero-order valence-electron chi connectivity index (χ0n) is 18.6. The van der Waals surface area contributed by atoms with Crippen molar-refractivity contribution < 1.29 is 23.9 Å². The van der Waals surface area contributed by atoms with Crippen LogP contribution >= 0.6 is 12.4 Å². The van der Waals surface area contributed by atoms with Gasteiger partial charge in [0.2, 0.25) is 0 Å². The first-order valence-corrected chi connectivity index (χ1v) is 10.7. The molecule has 0 N–H and O–H groups in total. The third-order valence-corrected chi connectivity index (χ3v) is 5.05. The van der Waals surface area contributed by atoms with Gasteiger partial charge in [0, 0.05) is 42.9 Å². The monoisotopic (exact) mass is 476 g/mol. The fraction of sp³-hybridized carbons (Fsp3) is 0.375. The van der Waals surface area contributed by atoms with E-state index in [1.165, 1.54) is 30.4 Å². The second kappa shape index (κ2) is 13.6. The van der Waals surface area contributed by atoms with Crippen LogP contribution in [0.5, 0.6) is 11.5 Å². The van der Waals surface area contributed by atoms with E-state index >= 15 is 0 Å². The van der Waals surface area contributed by atoms with Crippen LogP contribution in [0, 0.1) is 10.1 Å². The number of morpholine rings is 1. The van der Waals surface area contributed by atoms with Crippen molar-refractivity contribution in [3.63, 3.8) is 0 Å². The number of ketones is 1. The predicted octanol–water partition coefficient (Wildman–Crippen LogP) is 4.41. The number of ether oxygens (including phenoxy) is 3. The molecule has 0 unspecified atom stereocenters. The molecular weight excluding hydrogens is 448 g/mol. The number of carbonyl (C=O) groups is 1. The molecule has 33 heavy (non-hydrogen) atoms. The molecule has 178 valence electrons. The average molecular weight is 477 g/mol. The van der Waals surface area contributed by atoms with Crippen LogP contribution in [0.1, 0.15) is 29.3 Å². The topological polar surface area (TPSA) is 91.1 Å². The number of hydrogen-bond donors (Lipinski definition) is 0. The molecule has 0 aromatic heterocycles. The van der Waals surface area contributed by atoms with Gasteiger partial charge in [0.25, 0.3) is 5.69 Å². The summed E-state index contributed by atoms with van der Waals surface area (Å²) in [5, 5.41) is 11.0. The van der Waals surface area contributed by atoms with Crippen molar-refractivity contribution in [2.75, 3.05) is 46.1 Å². The fourth-order valence-corrected chi connectivity index (χ4v) is 3.35. The SMILES string of the molecule is CCOc1ccc([N+](=O)[O-])cc1/C=C/C(=O)c1ccc(OCCCN2CCOCC2)cc1.Cl. The number of nitro groups is 1. The second-order valence-corrected chi connectivity index (χ2v) is 7.29. The van der Waals surface area contributed by atoms with E-state index in [9.17, 15) is 14.9 Å². The first kappa shape index (κ1) is 26.3. The van der Waals surface area contributed by atoms with Crippen LogP contribution in [0.3, 0.4) is 0 Å². The Kier molecular flexibility index (Phi) is 10.8. The van der Waals surface area contributed by atoms with Crippen LogP contribution in [0.15, 0.2) is 48.5 Å². The summed E-state index contributed by atoms with van der Waals surface area (Å²) in [6.07, 6.45) is 3.85. The minimum atomic E-state index is -0.478. The maximum atomic E-state index is 12.5. The van der Waals surface area contributed by atoms with Gasteiger partial charge in [-0.15, -0.1) is 12.4 Å². The number of halogens is 1. The van der Waals surface area contributed by atoms with E-state index in [1.807, 2.05) is 6.92 Å². The fourth-order valence-electron chi connectivity index (χ4n) is 3.35. The van der Waals surface area contributed by atoms with Crippen LogP contribution in [0.2, 0.25) is 0 Å². The lowest BCUT2D eigenvalue weighted by Crippen LogP contribution is -2.37. The summed E-state index contributed by atoms with van der Waals surface area (Å²) in [6, 6.07) is 11.3. The smallest absolute Gasteiger partial charge is 0.270 e. The van der Waals surface area contributed by atoms with Gasteiger partial charge >= 0.3 is 0 Å². The molecule has 9 heteroatoms. The van der Waals surface area contributed by atoms with Crippen molar-refractivity contribution in [2.45, 2.75) is 13.3 Å². The Labute approximate surface area is 199 Å². The summed E-state index contributed by atoms with van der Waals surface area (Å²) in [6.45, 7) is 7.34. The minimum Gasteiger partial charge on any atom is -0.494 e. The van der Waals surface area contributed by atoms with E-state index in [-0.39, 0.29) is 23.9 Å². The molecule has 1 aliphatic rings. The summed E-state index contributed by atoms with van der Waals surface area (Å²) in [5.74, 6) is 0.991. The molecule has 0 saturated carbocycles. The molecule has 2 aromatic rings. The van der Waals surface area contributed by atoms with Crippen molar-refractivity contribution in [3.05, 3.63) is 69.8 Å². The third kappa shape index (κ3) is 8.16. The Bertz CT molecular complexity index is 942. The van der Waals surface area contributed by atoms with Gasteiger partial charge in [-0.2, -0.15) is 0 Å². The lowest BCUT2D eigenvalue weighted by Gasteiger charge is -2.26. The molecule has 3 rings (SSSR count). The highest BCUT2D eigenvalue weighted by Gasteiger charge is 2.11. The van der Waals surface area contributed by atoms with E-state index in [0.29, 0.717) is 35.8 Å². The molecule has 0 atom stereocenters. The molecule has 1 fully saturated rings. The number of benzene rings is 2. The molecule has 0 bridgehead atoms. The summed E-state index contributed by atoms with van der Waals surface area (Å²) < 4.78 is 16.6. The van der Waals surface area contributed by atoms with Crippen LogP contribution in [0.4, 0.5) is 5.69 Å². The second-order valence-electron chi connectivity index (χ2n) is 7.29. The Morgan fingerprint density at radius 3 is 2.55 bits per heavy atom. The van der Waals surface area contributed by atoms with Gasteiger partial charge in [0.05, 0.1) is 31.4 Å². The Hall–Kier alpha value is -2.94. The third-order valence-electron chi connectivity index (χ3n) is 5.05. The number of rotatable bonds is 11. The van der Waals surface area contributed by atoms with E-state index in [0.717, 1.165) is 39.3 Å². The highest BCUT2D eigenvalue weighted by atomic mass is 35.5. The highest BCUT2D eigenvalue weighted by Crippen LogP contribution is 2.26. The summed E-state index contributed by atoms with van der Waals surface area (Å²) in [4.78, 5) is 25.5. The normalized spacial score (nSPS) is 14.0. The van der Waals surface area contributed by atoms with Crippen molar-refractivity contribution in [3.8, 4) is 11.5 Å². The molecule has 2 aromatic carbocycles. The van der Waals surface area contributed by atoms with Gasteiger partial charge < -0.3 is 14.2 Å². The quantitative estimate of drug-likeness (QED) is 0.156. The average Bonchev–Trinajstić information content (AvgIpc) is 2.82. The van der Waals surface area contributed by atoms with Crippen molar-refractivity contribution in [1.29, 1.82) is 0 Å². The molecule has 1 saturated heterocycles. The van der Waals surface area contributed by atoms with Crippen LogP contribution in [-0.2, 0) is 4.74 Å². The largest absolute Gasteiger partial charge is 0.494 e. The lowest BCUT2D eigenvalue weighted by atomic mass is 10.1. The maximum Gasteiger partial charge on any atom is 0.270 e. The molecule has 0 amide bonds. The van der Waals surface area contributed by atoms with Crippen LogP contribution in [-0.4, -0.2) is 61.7 Å². The van der Waals surface area contributed by atoms with E-state index in [2.05, 4.69) is 4.90 Å². The summed E-state index contributed by atoms with van der Waals surface area (Å²) in [7, 11) is 0. The van der Waals surface area contributed by atoms with Gasteiger partial charge in [-0.25, -0.2) is 0 Å². The van der Waals surface area contributed by atoms with Crippen molar-refractivity contribution >= 4 is 30.0 Å². The van der Waals surface area contributed by atoms with Crippen molar-refractivity contribution in [2.24, 2.45) is 0 Å². The number of allylic oxidation sites excluding steroid dienone is 1. The van der Waals surface area contributed by atoms with Gasteiger partial charge in [-0.05, 0) is 55.8 Å². The lowest BCUT2D eigenvalue weighted by molar-refractivity contribution is -0.384. The van der Waals surface area contributed by atoms with E-state index < -0.39 is 4.92 Å². The summed E-state index contributed by atoms with van der Waals surface area (Å²) in [5.41, 5.74) is 0.926. The highest BCUT2D eigenvalue weighted by molar-refractivity contribution is 6.07. The zero-order valence-corrected chi connectivity index (χ0v) is 19.4. The Balaban J connectivity index is 0.00000385. The van der Waals surface area contributed by atoms with Crippen LogP contribution < -0.4 is 9.47 Å². The number of non-ortho nitro benzene ring substituents is 1. The number of hydrogen-bond acceptors (Lipinski definition) is 7. The molecule has 0 spiro atoms. The Morgan fingerprint density at radius 1 is 1.15 bits per heavy atom. The molecule has 0 radical (unpaired) electrons. The van der Waals surface area contributed by atoms with Gasteiger partial charge in [-0.1, -0.05) is 0 Å². The molecule has 0 aliphatic carbocycles. The minimum absolute atomic E-state index is 0. The molecule has 1 heterocycles.